The molecule has 1 unspecified atom stereocenters. The Morgan fingerprint density at radius 2 is 1.83 bits per heavy atom. The second kappa shape index (κ2) is 6.71. The van der Waals surface area contributed by atoms with Crippen LogP contribution in [0.3, 0.4) is 0 Å². The lowest BCUT2D eigenvalue weighted by Gasteiger charge is -2.14. The van der Waals surface area contributed by atoms with Gasteiger partial charge < -0.3 is 9.72 Å². The molecule has 0 aliphatic heterocycles. The topological polar surface area (TPSA) is 42.1 Å². The molecule has 0 saturated carbocycles. The summed E-state index contributed by atoms with van der Waals surface area (Å²) in [4.78, 5) is 14.6. The minimum Gasteiger partial charge on any atom is -0.496 e. The van der Waals surface area contributed by atoms with Gasteiger partial charge in [0, 0.05) is 17.3 Å². The Morgan fingerprint density at radius 3 is 2.52 bits per heavy atom. The lowest BCUT2D eigenvalue weighted by Crippen LogP contribution is -2.13. The van der Waals surface area contributed by atoms with Gasteiger partial charge in [0.15, 0.2) is 0 Å². The number of methoxy groups -OCH3 is 1. The van der Waals surface area contributed by atoms with Crippen molar-refractivity contribution in [3.8, 4) is 16.9 Å². The molecule has 1 N–H and O–H groups in total. The molecule has 3 rings (SSSR count). The van der Waals surface area contributed by atoms with Crippen LogP contribution in [0.5, 0.6) is 5.75 Å². The van der Waals surface area contributed by atoms with Gasteiger partial charge in [-0.2, -0.15) is 0 Å². The predicted octanol–water partition coefficient (Wildman–Crippen LogP) is 4.38. The SMILES string of the molecule is COc1ccc(C(Cl)c2ccc[nH]c2=O)cc1-c1ccccc1. The number of hydrogen-bond donors (Lipinski definition) is 1. The summed E-state index contributed by atoms with van der Waals surface area (Å²) in [6, 6.07) is 19.2. The molecule has 23 heavy (non-hydrogen) atoms. The van der Waals surface area contributed by atoms with E-state index in [0.29, 0.717) is 5.56 Å². The van der Waals surface area contributed by atoms with Gasteiger partial charge in [0.25, 0.3) is 5.56 Å². The molecule has 3 nitrogen and oxygen atoms in total. The number of hydrogen-bond acceptors (Lipinski definition) is 2. The van der Waals surface area contributed by atoms with E-state index in [1.165, 1.54) is 0 Å². The molecule has 1 aromatic heterocycles. The summed E-state index contributed by atoms with van der Waals surface area (Å²) in [5.74, 6) is 0.769. The average molecular weight is 326 g/mol. The van der Waals surface area contributed by atoms with E-state index in [-0.39, 0.29) is 5.56 Å². The summed E-state index contributed by atoms with van der Waals surface area (Å²) in [6.45, 7) is 0. The zero-order valence-electron chi connectivity index (χ0n) is 12.6. The molecule has 0 fully saturated rings. The molecule has 4 heteroatoms. The molecular weight excluding hydrogens is 310 g/mol. The van der Waals surface area contributed by atoms with Crippen LogP contribution in [0.15, 0.2) is 71.7 Å². The summed E-state index contributed by atoms with van der Waals surface area (Å²) in [5, 5.41) is -0.520. The predicted molar refractivity (Wildman–Crippen MR) is 93.2 cm³/mol. The Bertz CT molecular complexity index is 858. The van der Waals surface area contributed by atoms with E-state index < -0.39 is 5.38 Å². The molecule has 0 aliphatic rings. The number of rotatable bonds is 4. The number of benzene rings is 2. The van der Waals surface area contributed by atoms with Gasteiger partial charge in [-0.1, -0.05) is 42.5 Å². The second-order valence-corrected chi connectivity index (χ2v) is 5.58. The number of aromatic amines is 1. The molecule has 0 bridgehead atoms. The fourth-order valence-electron chi connectivity index (χ4n) is 2.54. The minimum absolute atomic E-state index is 0.176. The third-order valence-corrected chi connectivity index (χ3v) is 4.21. The second-order valence-electron chi connectivity index (χ2n) is 5.14. The highest BCUT2D eigenvalue weighted by Gasteiger charge is 2.16. The zero-order valence-corrected chi connectivity index (χ0v) is 13.4. The van der Waals surface area contributed by atoms with E-state index >= 15 is 0 Å². The normalized spacial score (nSPS) is 11.9. The van der Waals surface area contributed by atoms with E-state index in [9.17, 15) is 4.79 Å². The molecule has 1 heterocycles. The van der Waals surface area contributed by atoms with Crippen LogP contribution in [0.25, 0.3) is 11.1 Å². The average Bonchev–Trinajstić information content (AvgIpc) is 2.62. The highest BCUT2D eigenvalue weighted by molar-refractivity contribution is 6.22. The van der Waals surface area contributed by atoms with E-state index in [0.717, 1.165) is 22.4 Å². The van der Waals surface area contributed by atoms with Gasteiger partial charge in [0.1, 0.15) is 5.75 Å². The third kappa shape index (κ3) is 3.15. The summed E-state index contributed by atoms with van der Waals surface area (Å²) in [7, 11) is 1.64. The van der Waals surface area contributed by atoms with Crippen molar-refractivity contribution in [2.45, 2.75) is 5.38 Å². The van der Waals surface area contributed by atoms with Crippen molar-refractivity contribution in [1.29, 1.82) is 0 Å². The Labute approximate surface area is 139 Å². The maximum Gasteiger partial charge on any atom is 0.252 e. The Balaban J connectivity index is 2.08. The van der Waals surface area contributed by atoms with Crippen LogP contribution in [-0.2, 0) is 0 Å². The number of ether oxygens (including phenoxy) is 1. The van der Waals surface area contributed by atoms with E-state index in [1.807, 2.05) is 48.5 Å². The van der Waals surface area contributed by atoms with Gasteiger partial charge in [-0.3, -0.25) is 4.79 Å². The molecule has 3 aromatic rings. The fourth-order valence-corrected chi connectivity index (χ4v) is 2.85. The molecule has 0 aliphatic carbocycles. The molecule has 0 spiro atoms. The first-order chi connectivity index (χ1) is 11.2. The summed E-state index contributed by atoms with van der Waals surface area (Å²) in [6.07, 6.45) is 1.60. The van der Waals surface area contributed by atoms with Gasteiger partial charge >= 0.3 is 0 Å². The fraction of sp³-hybridized carbons (Fsp3) is 0.105. The smallest absolute Gasteiger partial charge is 0.252 e. The van der Waals surface area contributed by atoms with Gasteiger partial charge in [0.2, 0.25) is 0 Å². The van der Waals surface area contributed by atoms with Gasteiger partial charge in [0.05, 0.1) is 12.5 Å². The molecule has 2 aromatic carbocycles. The van der Waals surface area contributed by atoms with Crippen molar-refractivity contribution >= 4 is 11.6 Å². The van der Waals surface area contributed by atoms with E-state index in [2.05, 4.69) is 4.98 Å². The lowest BCUT2D eigenvalue weighted by atomic mass is 9.98. The maximum atomic E-state index is 11.9. The first kappa shape index (κ1) is 15.4. The van der Waals surface area contributed by atoms with Gasteiger partial charge in [-0.15, -0.1) is 11.6 Å². The van der Waals surface area contributed by atoms with Gasteiger partial charge in [-0.05, 0) is 29.3 Å². The first-order valence-corrected chi connectivity index (χ1v) is 7.69. The van der Waals surface area contributed by atoms with Crippen molar-refractivity contribution in [3.05, 3.63) is 88.3 Å². The minimum atomic E-state index is -0.520. The number of pyridine rings is 1. The molecule has 0 radical (unpaired) electrons. The van der Waals surface area contributed by atoms with E-state index in [1.54, 1.807) is 25.4 Å². The van der Waals surface area contributed by atoms with Crippen molar-refractivity contribution < 1.29 is 4.74 Å². The standard InChI is InChI=1S/C19H16ClNO2/c1-23-17-10-9-14(12-16(17)13-6-3-2-4-7-13)18(20)15-8-5-11-21-19(15)22/h2-12,18H,1H3,(H,21,22). The number of aromatic nitrogens is 1. The van der Waals surface area contributed by atoms with Crippen LogP contribution in [0, 0.1) is 0 Å². The van der Waals surface area contributed by atoms with Crippen molar-refractivity contribution in [3.63, 3.8) is 0 Å². The lowest BCUT2D eigenvalue weighted by molar-refractivity contribution is 0.416. The van der Waals surface area contributed by atoms with Crippen LogP contribution in [-0.4, -0.2) is 12.1 Å². The largest absolute Gasteiger partial charge is 0.496 e. The van der Waals surface area contributed by atoms with Crippen molar-refractivity contribution in [2.24, 2.45) is 0 Å². The van der Waals surface area contributed by atoms with Crippen LogP contribution in [0.2, 0.25) is 0 Å². The Kier molecular flexibility index (Phi) is 4.49. The highest BCUT2D eigenvalue weighted by atomic mass is 35.5. The monoisotopic (exact) mass is 325 g/mol. The third-order valence-electron chi connectivity index (χ3n) is 3.72. The van der Waals surface area contributed by atoms with Crippen molar-refractivity contribution in [2.75, 3.05) is 7.11 Å². The molecular formula is C19H16ClNO2. The molecule has 0 amide bonds. The molecule has 0 saturated heterocycles. The summed E-state index contributed by atoms with van der Waals surface area (Å²) < 4.78 is 5.45. The van der Waals surface area contributed by atoms with Crippen molar-refractivity contribution in [1.82, 2.24) is 4.98 Å². The number of nitrogens with one attached hydrogen (secondary N) is 1. The van der Waals surface area contributed by atoms with Crippen LogP contribution < -0.4 is 10.3 Å². The number of halogens is 1. The van der Waals surface area contributed by atoms with Crippen LogP contribution in [0.4, 0.5) is 0 Å². The Hall–Kier alpha value is -2.52. The Morgan fingerprint density at radius 1 is 1.04 bits per heavy atom. The van der Waals surface area contributed by atoms with Crippen LogP contribution in [0.1, 0.15) is 16.5 Å². The summed E-state index contributed by atoms with van der Waals surface area (Å²) >= 11 is 6.53. The van der Waals surface area contributed by atoms with E-state index in [4.69, 9.17) is 16.3 Å². The maximum absolute atomic E-state index is 11.9. The zero-order chi connectivity index (χ0) is 16.2. The number of H-pyrrole nitrogens is 1. The highest BCUT2D eigenvalue weighted by Crippen LogP contribution is 2.35. The molecule has 116 valence electrons. The number of alkyl halides is 1. The quantitative estimate of drug-likeness (QED) is 0.723. The molecule has 1 atom stereocenters. The summed E-state index contributed by atoms with van der Waals surface area (Å²) in [5.41, 5.74) is 3.19. The van der Waals surface area contributed by atoms with Gasteiger partial charge in [-0.25, -0.2) is 0 Å². The van der Waals surface area contributed by atoms with Crippen LogP contribution >= 0.6 is 11.6 Å². The first-order valence-electron chi connectivity index (χ1n) is 7.25.